The van der Waals surface area contributed by atoms with E-state index in [0.29, 0.717) is 22.6 Å². The highest BCUT2D eigenvalue weighted by molar-refractivity contribution is 6.69. The fourth-order valence-corrected chi connectivity index (χ4v) is 3.08. The minimum Gasteiger partial charge on any atom is -0.340 e. The summed E-state index contributed by atoms with van der Waals surface area (Å²) in [5.74, 6) is -0.259. The molecule has 0 spiro atoms. The predicted molar refractivity (Wildman–Crippen MR) is 90.2 cm³/mol. The maximum Gasteiger partial charge on any atom is 0.153 e. The van der Waals surface area contributed by atoms with Crippen molar-refractivity contribution in [2.24, 2.45) is 4.99 Å². The molecule has 0 N–H and O–H groups in total. The van der Waals surface area contributed by atoms with Gasteiger partial charge in [-0.1, -0.05) is 35.3 Å². The fourth-order valence-electron chi connectivity index (χ4n) is 2.65. The van der Waals surface area contributed by atoms with E-state index in [-0.39, 0.29) is 5.82 Å². The van der Waals surface area contributed by atoms with Gasteiger partial charge >= 0.3 is 0 Å². The first-order chi connectivity index (χ1) is 11.1. The lowest BCUT2D eigenvalue weighted by molar-refractivity contribution is 0.628. The summed E-state index contributed by atoms with van der Waals surface area (Å²) in [5, 5.41) is 0.811. The van der Waals surface area contributed by atoms with E-state index in [4.69, 9.17) is 23.2 Å². The van der Waals surface area contributed by atoms with Gasteiger partial charge in [0.2, 0.25) is 0 Å². The van der Waals surface area contributed by atoms with Gasteiger partial charge in [0.15, 0.2) is 5.17 Å². The van der Waals surface area contributed by atoms with Crippen LogP contribution in [0, 0.1) is 5.82 Å². The maximum absolute atomic E-state index is 13.1. The van der Waals surface area contributed by atoms with Gasteiger partial charge in [-0.05, 0) is 29.8 Å². The van der Waals surface area contributed by atoms with Crippen LogP contribution in [0.15, 0.2) is 53.8 Å². The molecule has 0 saturated carbocycles. The Labute approximate surface area is 142 Å². The van der Waals surface area contributed by atoms with Crippen molar-refractivity contribution in [2.45, 2.75) is 6.54 Å². The Morgan fingerprint density at radius 2 is 1.83 bits per heavy atom. The Kier molecular flexibility index (Phi) is 3.43. The van der Waals surface area contributed by atoms with Gasteiger partial charge in [0.05, 0.1) is 17.6 Å². The summed E-state index contributed by atoms with van der Waals surface area (Å²) in [7, 11) is 0. The first-order valence-electron chi connectivity index (χ1n) is 6.95. The summed E-state index contributed by atoms with van der Waals surface area (Å²) in [6, 6.07) is 10.1. The van der Waals surface area contributed by atoms with Crippen molar-refractivity contribution in [1.29, 1.82) is 0 Å². The zero-order chi connectivity index (χ0) is 16.0. The molecule has 0 amide bonds. The second-order valence-corrected chi connectivity index (χ2v) is 6.03. The summed E-state index contributed by atoms with van der Waals surface area (Å²) >= 11 is 12.3. The van der Waals surface area contributed by atoms with E-state index in [2.05, 4.69) is 9.98 Å². The van der Waals surface area contributed by atoms with Crippen LogP contribution < -0.4 is 0 Å². The number of rotatable bonds is 1. The molecule has 0 fully saturated rings. The number of halogens is 3. The molecule has 3 nitrogen and oxygen atoms in total. The van der Waals surface area contributed by atoms with E-state index in [1.165, 1.54) is 12.1 Å². The SMILES string of the molecule is Fc1ccc(-c2cc3n(c2)Cc2cc(Cl)ncc2N=C3Cl)cc1. The van der Waals surface area contributed by atoms with Crippen LogP contribution in [-0.4, -0.2) is 14.7 Å². The van der Waals surface area contributed by atoms with Crippen LogP contribution in [0.1, 0.15) is 11.3 Å². The fraction of sp³-hybridized carbons (Fsp3) is 0.0588. The molecule has 114 valence electrons. The maximum atomic E-state index is 13.1. The molecule has 0 radical (unpaired) electrons. The molecule has 23 heavy (non-hydrogen) atoms. The lowest BCUT2D eigenvalue weighted by Gasteiger charge is -2.05. The molecule has 0 aliphatic carbocycles. The highest BCUT2D eigenvalue weighted by Crippen LogP contribution is 2.31. The van der Waals surface area contributed by atoms with Crippen molar-refractivity contribution in [3.63, 3.8) is 0 Å². The summed E-state index contributed by atoms with van der Waals surface area (Å²) < 4.78 is 15.1. The zero-order valence-electron chi connectivity index (χ0n) is 11.8. The van der Waals surface area contributed by atoms with Gasteiger partial charge in [0.25, 0.3) is 0 Å². The molecule has 1 aromatic carbocycles. The van der Waals surface area contributed by atoms with E-state index in [0.717, 1.165) is 22.4 Å². The topological polar surface area (TPSA) is 30.2 Å². The summed E-state index contributed by atoms with van der Waals surface area (Å²) in [6.45, 7) is 0.591. The van der Waals surface area contributed by atoms with Crippen molar-refractivity contribution in [1.82, 2.24) is 9.55 Å². The van der Waals surface area contributed by atoms with Crippen molar-refractivity contribution in [3.05, 3.63) is 71.0 Å². The molecule has 3 heterocycles. The molecule has 2 aromatic heterocycles. The van der Waals surface area contributed by atoms with E-state index in [9.17, 15) is 4.39 Å². The molecule has 4 rings (SSSR count). The second-order valence-electron chi connectivity index (χ2n) is 5.29. The van der Waals surface area contributed by atoms with Crippen LogP contribution in [0.4, 0.5) is 10.1 Å². The van der Waals surface area contributed by atoms with Crippen molar-refractivity contribution >= 4 is 34.1 Å². The smallest absolute Gasteiger partial charge is 0.153 e. The molecule has 1 aliphatic heterocycles. The molecule has 0 saturated heterocycles. The normalized spacial score (nSPS) is 13.1. The number of hydrogen-bond acceptors (Lipinski definition) is 2. The summed E-state index contributed by atoms with van der Waals surface area (Å²) in [5.41, 5.74) is 4.34. The van der Waals surface area contributed by atoms with Crippen molar-refractivity contribution in [3.8, 4) is 11.1 Å². The highest BCUT2D eigenvalue weighted by Gasteiger charge is 2.18. The lowest BCUT2D eigenvalue weighted by Crippen LogP contribution is -2.03. The van der Waals surface area contributed by atoms with E-state index in [1.54, 1.807) is 24.4 Å². The Hall–Kier alpha value is -2.17. The lowest BCUT2D eigenvalue weighted by atomic mass is 10.1. The number of hydrogen-bond donors (Lipinski definition) is 0. The monoisotopic (exact) mass is 345 g/mol. The third-order valence-electron chi connectivity index (χ3n) is 3.78. The Bertz CT molecular complexity index is 930. The molecule has 3 aromatic rings. The van der Waals surface area contributed by atoms with Gasteiger partial charge in [-0.25, -0.2) is 14.4 Å². The Balaban J connectivity index is 1.82. The minimum atomic E-state index is -0.259. The minimum absolute atomic E-state index is 0.259. The van der Waals surface area contributed by atoms with Gasteiger partial charge in [-0.3, -0.25) is 0 Å². The second kappa shape index (κ2) is 5.48. The number of benzene rings is 1. The molecule has 0 atom stereocenters. The summed E-state index contributed by atoms with van der Waals surface area (Å²) in [4.78, 5) is 8.47. The van der Waals surface area contributed by atoms with Crippen LogP contribution in [0.25, 0.3) is 11.1 Å². The van der Waals surface area contributed by atoms with Gasteiger partial charge in [0.1, 0.15) is 11.0 Å². The van der Waals surface area contributed by atoms with Gasteiger partial charge in [-0.2, -0.15) is 0 Å². The van der Waals surface area contributed by atoms with Crippen LogP contribution in [0.3, 0.4) is 0 Å². The third kappa shape index (κ3) is 2.64. The molecule has 1 aliphatic rings. The first-order valence-corrected chi connectivity index (χ1v) is 7.71. The number of pyridine rings is 1. The zero-order valence-corrected chi connectivity index (χ0v) is 13.3. The average molecular weight is 346 g/mol. The highest BCUT2D eigenvalue weighted by atomic mass is 35.5. The van der Waals surface area contributed by atoms with Gasteiger partial charge in [0, 0.05) is 23.9 Å². The molecular weight excluding hydrogens is 336 g/mol. The van der Waals surface area contributed by atoms with Crippen LogP contribution in [0.5, 0.6) is 0 Å². The van der Waals surface area contributed by atoms with Crippen LogP contribution >= 0.6 is 23.2 Å². The summed E-state index contributed by atoms with van der Waals surface area (Å²) in [6.07, 6.45) is 3.59. The average Bonchev–Trinajstić information content (AvgIpc) is 2.89. The standard InChI is InChI=1S/C17H10Cl2FN3/c18-16-6-12-9-23-8-11(10-1-3-13(20)4-2-10)5-15(23)17(19)22-14(12)7-21-16/h1-8H,9H2. The number of aliphatic imine (C=N–C) groups is 1. The Morgan fingerprint density at radius 1 is 1.04 bits per heavy atom. The van der Waals surface area contributed by atoms with E-state index in [1.807, 2.05) is 16.8 Å². The van der Waals surface area contributed by atoms with E-state index < -0.39 is 0 Å². The van der Waals surface area contributed by atoms with E-state index >= 15 is 0 Å². The van der Waals surface area contributed by atoms with Crippen molar-refractivity contribution in [2.75, 3.05) is 0 Å². The number of fused-ring (bicyclic) bond motifs is 2. The Morgan fingerprint density at radius 3 is 2.61 bits per heavy atom. The largest absolute Gasteiger partial charge is 0.340 e. The molecule has 0 bridgehead atoms. The molecule has 6 heteroatoms. The van der Waals surface area contributed by atoms with Crippen molar-refractivity contribution < 1.29 is 4.39 Å². The van der Waals surface area contributed by atoms with Crippen LogP contribution in [-0.2, 0) is 6.54 Å². The number of nitrogens with zero attached hydrogens (tertiary/aromatic N) is 3. The number of aromatic nitrogens is 2. The molecule has 0 unspecified atom stereocenters. The van der Waals surface area contributed by atoms with Gasteiger partial charge in [-0.15, -0.1) is 0 Å². The first kappa shape index (κ1) is 14.4. The predicted octanol–water partition coefficient (Wildman–Crippen LogP) is 5.02. The van der Waals surface area contributed by atoms with Gasteiger partial charge < -0.3 is 4.57 Å². The third-order valence-corrected chi connectivity index (χ3v) is 4.26. The van der Waals surface area contributed by atoms with Crippen LogP contribution in [0.2, 0.25) is 5.15 Å². The molecular formula is C17H10Cl2FN3. The quantitative estimate of drug-likeness (QED) is 0.569.